The quantitative estimate of drug-likeness (QED) is 0.936. The summed E-state index contributed by atoms with van der Waals surface area (Å²) >= 11 is 0. The van der Waals surface area contributed by atoms with E-state index in [1.807, 2.05) is 11.0 Å². The fourth-order valence-electron chi connectivity index (χ4n) is 2.80. The Morgan fingerprint density at radius 3 is 2.96 bits per heavy atom. The molecular formula is C17H19N3O3. The molecule has 6 heteroatoms. The lowest BCUT2D eigenvalue weighted by Crippen LogP contribution is -2.43. The van der Waals surface area contributed by atoms with Crippen LogP contribution in [0.3, 0.4) is 0 Å². The summed E-state index contributed by atoms with van der Waals surface area (Å²) in [4.78, 5) is 30.2. The maximum atomic E-state index is 12.4. The van der Waals surface area contributed by atoms with E-state index in [2.05, 4.69) is 10.3 Å². The standard InChI is InChI=1S/C17H19N3O3/c21-16(15-7-4-10-23-15)19-11-13-5-3-9-20(12-13)17(22)14-6-1-2-8-18-14/h1-2,4,6-8,10,13H,3,5,9,11-12H2,(H,19,21)/t13-/m0/s1. The van der Waals surface area contributed by atoms with Crippen molar-refractivity contribution in [1.29, 1.82) is 0 Å². The molecule has 0 radical (unpaired) electrons. The molecule has 2 amide bonds. The molecule has 1 saturated heterocycles. The normalized spacial score (nSPS) is 17.7. The third-order valence-corrected chi connectivity index (χ3v) is 3.99. The van der Waals surface area contributed by atoms with E-state index in [0.717, 1.165) is 19.4 Å². The molecule has 0 bridgehead atoms. The summed E-state index contributed by atoms with van der Waals surface area (Å²) in [6.07, 6.45) is 5.02. The first-order valence-corrected chi connectivity index (χ1v) is 7.76. The van der Waals surface area contributed by atoms with Gasteiger partial charge in [-0.3, -0.25) is 14.6 Å². The van der Waals surface area contributed by atoms with E-state index in [4.69, 9.17) is 4.42 Å². The third-order valence-electron chi connectivity index (χ3n) is 3.99. The van der Waals surface area contributed by atoms with E-state index in [0.29, 0.717) is 24.5 Å². The van der Waals surface area contributed by atoms with Crippen molar-refractivity contribution in [3.8, 4) is 0 Å². The van der Waals surface area contributed by atoms with Gasteiger partial charge in [0.25, 0.3) is 11.8 Å². The van der Waals surface area contributed by atoms with Gasteiger partial charge < -0.3 is 14.6 Å². The molecule has 6 nitrogen and oxygen atoms in total. The smallest absolute Gasteiger partial charge is 0.286 e. The number of furan rings is 1. The van der Waals surface area contributed by atoms with Gasteiger partial charge in [-0.1, -0.05) is 6.07 Å². The van der Waals surface area contributed by atoms with Gasteiger partial charge in [0, 0.05) is 25.8 Å². The second-order valence-electron chi connectivity index (χ2n) is 5.66. The monoisotopic (exact) mass is 313 g/mol. The Balaban J connectivity index is 1.54. The third kappa shape index (κ3) is 3.77. The Labute approximate surface area is 134 Å². The van der Waals surface area contributed by atoms with E-state index in [1.54, 1.807) is 30.5 Å². The summed E-state index contributed by atoms with van der Waals surface area (Å²) in [7, 11) is 0. The van der Waals surface area contributed by atoms with E-state index in [-0.39, 0.29) is 17.7 Å². The molecule has 23 heavy (non-hydrogen) atoms. The molecule has 0 aromatic carbocycles. The molecule has 0 unspecified atom stereocenters. The van der Waals surface area contributed by atoms with E-state index in [9.17, 15) is 9.59 Å². The number of amides is 2. The van der Waals surface area contributed by atoms with Crippen LogP contribution in [0, 0.1) is 5.92 Å². The lowest BCUT2D eigenvalue weighted by molar-refractivity contribution is 0.0664. The zero-order valence-corrected chi connectivity index (χ0v) is 12.8. The summed E-state index contributed by atoms with van der Waals surface area (Å²) in [5, 5.41) is 2.87. The van der Waals surface area contributed by atoms with Gasteiger partial charge >= 0.3 is 0 Å². The number of likely N-dealkylation sites (tertiary alicyclic amines) is 1. The first-order chi connectivity index (χ1) is 11.2. The summed E-state index contributed by atoms with van der Waals surface area (Å²) in [5.41, 5.74) is 0.466. The van der Waals surface area contributed by atoms with Crippen LogP contribution in [0.2, 0.25) is 0 Å². The van der Waals surface area contributed by atoms with Crippen molar-refractivity contribution in [3.05, 3.63) is 54.2 Å². The molecule has 1 aliphatic rings. The van der Waals surface area contributed by atoms with Gasteiger partial charge in [-0.2, -0.15) is 0 Å². The molecule has 1 aliphatic heterocycles. The molecule has 120 valence electrons. The number of aromatic nitrogens is 1. The Bertz CT molecular complexity index is 655. The van der Waals surface area contributed by atoms with Gasteiger partial charge in [-0.25, -0.2) is 0 Å². The van der Waals surface area contributed by atoms with E-state index >= 15 is 0 Å². The average molecular weight is 313 g/mol. The second-order valence-corrected chi connectivity index (χ2v) is 5.66. The van der Waals surface area contributed by atoms with Gasteiger partial charge in [0.05, 0.1) is 6.26 Å². The Hall–Kier alpha value is -2.63. The minimum atomic E-state index is -0.219. The Morgan fingerprint density at radius 2 is 2.22 bits per heavy atom. The highest BCUT2D eigenvalue weighted by molar-refractivity contribution is 5.92. The molecule has 0 aliphatic carbocycles. The average Bonchev–Trinajstić information content (AvgIpc) is 3.15. The van der Waals surface area contributed by atoms with Crippen LogP contribution in [0.15, 0.2) is 47.2 Å². The molecular weight excluding hydrogens is 294 g/mol. The lowest BCUT2D eigenvalue weighted by Gasteiger charge is -2.32. The van der Waals surface area contributed by atoms with Crippen molar-refractivity contribution in [2.45, 2.75) is 12.8 Å². The minimum absolute atomic E-state index is 0.0485. The van der Waals surface area contributed by atoms with Crippen molar-refractivity contribution in [1.82, 2.24) is 15.2 Å². The number of carbonyl (C=O) groups is 2. The van der Waals surface area contributed by atoms with Crippen LogP contribution >= 0.6 is 0 Å². The molecule has 2 aromatic heterocycles. The predicted octanol–water partition coefficient (Wildman–Crippen LogP) is 1.96. The largest absolute Gasteiger partial charge is 0.459 e. The van der Waals surface area contributed by atoms with E-state index in [1.165, 1.54) is 6.26 Å². The number of pyridine rings is 1. The molecule has 1 atom stereocenters. The number of rotatable bonds is 4. The molecule has 0 saturated carbocycles. The number of carbonyl (C=O) groups excluding carboxylic acids is 2. The van der Waals surface area contributed by atoms with Crippen LogP contribution in [0.4, 0.5) is 0 Å². The van der Waals surface area contributed by atoms with Gasteiger partial charge in [0.1, 0.15) is 5.69 Å². The van der Waals surface area contributed by atoms with Crippen molar-refractivity contribution < 1.29 is 14.0 Å². The maximum absolute atomic E-state index is 12.4. The van der Waals surface area contributed by atoms with Crippen molar-refractivity contribution in [2.75, 3.05) is 19.6 Å². The topological polar surface area (TPSA) is 75.4 Å². The first-order valence-electron chi connectivity index (χ1n) is 7.76. The van der Waals surface area contributed by atoms with Crippen molar-refractivity contribution >= 4 is 11.8 Å². The van der Waals surface area contributed by atoms with Crippen molar-refractivity contribution in [3.63, 3.8) is 0 Å². The van der Waals surface area contributed by atoms with Crippen LogP contribution in [0.5, 0.6) is 0 Å². The molecule has 1 N–H and O–H groups in total. The molecule has 3 heterocycles. The van der Waals surface area contributed by atoms with Gasteiger partial charge in [-0.15, -0.1) is 0 Å². The van der Waals surface area contributed by atoms with Crippen molar-refractivity contribution in [2.24, 2.45) is 5.92 Å². The fourth-order valence-corrected chi connectivity index (χ4v) is 2.80. The summed E-state index contributed by atoms with van der Waals surface area (Å²) in [6, 6.07) is 8.64. The van der Waals surface area contributed by atoms with Gasteiger partial charge in [-0.05, 0) is 43.0 Å². The molecule has 2 aromatic rings. The molecule has 3 rings (SSSR count). The number of piperidine rings is 1. The van der Waals surface area contributed by atoms with Crippen LogP contribution in [0.1, 0.15) is 33.9 Å². The van der Waals surface area contributed by atoms with Gasteiger partial charge in [0.15, 0.2) is 5.76 Å². The maximum Gasteiger partial charge on any atom is 0.286 e. The first kappa shape index (κ1) is 15.3. The Morgan fingerprint density at radius 1 is 1.30 bits per heavy atom. The number of hydrogen-bond acceptors (Lipinski definition) is 4. The number of nitrogens with zero attached hydrogens (tertiary/aromatic N) is 2. The molecule has 0 spiro atoms. The minimum Gasteiger partial charge on any atom is -0.459 e. The number of nitrogens with one attached hydrogen (secondary N) is 1. The zero-order chi connectivity index (χ0) is 16.1. The highest BCUT2D eigenvalue weighted by atomic mass is 16.3. The fraction of sp³-hybridized carbons (Fsp3) is 0.353. The van der Waals surface area contributed by atoms with Crippen LogP contribution in [-0.2, 0) is 0 Å². The molecule has 1 fully saturated rings. The van der Waals surface area contributed by atoms with Gasteiger partial charge in [0.2, 0.25) is 0 Å². The summed E-state index contributed by atoms with van der Waals surface area (Å²) < 4.78 is 5.07. The second kappa shape index (κ2) is 7.09. The SMILES string of the molecule is O=C(NC[C@@H]1CCCN(C(=O)c2ccccn2)C1)c1ccco1. The summed E-state index contributed by atoms with van der Waals surface area (Å²) in [5.74, 6) is 0.286. The highest BCUT2D eigenvalue weighted by Crippen LogP contribution is 2.17. The van der Waals surface area contributed by atoms with Crippen LogP contribution in [0.25, 0.3) is 0 Å². The summed E-state index contributed by atoms with van der Waals surface area (Å²) in [6.45, 7) is 1.90. The predicted molar refractivity (Wildman–Crippen MR) is 83.9 cm³/mol. The van der Waals surface area contributed by atoms with Crippen LogP contribution in [-0.4, -0.2) is 41.3 Å². The zero-order valence-electron chi connectivity index (χ0n) is 12.8. The van der Waals surface area contributed by atoms with E-state index < -0.39 is 0 Å². The van der Waals surface area contributed by atoms with Crippen LogP contribution < -0.4 is 5.32 Å². The number of hydrogen-bond donors (Lipinski definition) is 1. The highest BCUT2D eigenvalue weighted by Gasteiger charge is 2.25. The Kier molecular flexibility index (Phi) is 4.71. The lowest BCUT2D eigenvalue weighted by atomic mass is 9.97.